The lowest BCUT2D eigenvalue weighted by molar-refractivity contribution is 0.973. The van der Waals surface area contributed by atoms with Crippen molar-refractivity contribution in [1.29, 1.82) is 0 Å². The fraction of sp³-hybridized carbons (Fsp3) is 0.235. The number of benzene rings is 1. The van der Waals surface area contributed by atoms with Crippen LogP contribution in [0.2, 0.25) is 0 Å². The van der Waals surface area contributed by atoms with Crippen molar-refractivity contribution in [1.82, 2.24) is 15.0 Å². The van der Waals surface area contributed by atoms with Crippen molar-refractivity contribution in [3.8, 4) is 0 Å². The Kier molecular flexibility index (Phi) is 2.50. The van der Waals surface area contributed by atoms with E-state index in [9.17, 15) is 0 Å². The summed E-state index contributed by atoms with van der Waals surface area (Å²) in [6.45, 7) is 1.95. The summed E-state index contributed by atoms with van der Waals surface area (Å²) in [7, 11) is 0. The maximum atomic E-state index is 5.87. The fourth-order valence-corrected chi connectivity index (χ4v) is 3.58. The molecule has 0 saturated carbocycles. The highest BCUT2D eigenvalue weighted by atomic mass is 15.2. The molecule has 0 radical (unpaired) electrons. The second-order valence-corrected chi connectivity index (χ2v) is 6.04. The number of nitrogens with zero attached hydrogens (tertiary/aromatic N) is 4. The Bertz CT molecular complexity index is 936. The number of hydrogen-bond donors (Lipinski definition) is 2. The number of anilines is 4. The average Bonchev–Trinajstić information content (AvgIpc) is 3.18. The molecule has 3 aromatic rings. The number of pyridine rings is 1. The van der Waals surface area contributed by atoms with Gasteiger partial charge in [0.2, 0.25) is 0 Å². The van der Waals surface area contributed by atoms with E-state index in [-0.39, 0.29) is 0 Å². The molecular weight excluding hydrogens is 288 g/mol. The normalized spacial score (nSPS) is 15.6. The number of rotatable bonds is 1. The minimum Gasteiger partial charge on any atom is -0.384 e. The fourth-order valence-electron chi connectivity index (χ4n) is 3.58. The monoisotopic (exact) mass is 304 g/mol. The van der Waals surface area contributed by atoms with Crippen molar-refractivity contribution in [2.75, 3.05) is 29.0 Å². The molecule has 23 heavy (non-hydrogen) atoms. The van der Waals surface area contributed by atoms with Crippen LogP contribution < -0.4 is 16.0 Å². The first-order valence-corrected chi connectivity index (χ1v) is 7.83. The first-order chi connectivity index (χ1) is 11.3. The van der Waals surface area contributed by atoms with Gasteiger partial charge in [0.25, 0.3) is 0 Å². The van der Waals surface area contributed by atoms with Crippen LogP contribution in [-0.2, 0) is 12.8 Å². The summed E-state index contributed by atoms with van der Waals surface area (Å²) in [5, 5.41) is 4.40. The van der Waals surface area contributed by atoms with Crippen LogP contribution in [0.3, 0.4) is 0 Å². The predicted octanol–water partition coefficient (Wildman–Crippen LogP) is 2.27. The van der Waals surface area contributed by atoms with Crippen LogP contribution >= 0.6 is 0 Å². The topological polar surface area (TPSA) is 80.0 Å². The van der Waals surface area contributed by atoms with Gasteiger partial charge in [-0.25, -0.2) is 15.0 Å². The molecule has 0 aliphatic carbocycles. The lowest BCUT2D eigenvalue weighted by Crippen LogP contribution is -2.15. The Labute approximate surface area is 133 Å². The van der Waals surface area contributed by atoms with Crippen molar-refractivity contribution in [3.05, 3.63) is 41.9 Å². The standard InChI is InChI=1S/C17H16N6/c18-16-7-12-14(8-20-16)21-9-22-17(12)23-4-2-11-5-13-10(1-3-19-13)6-15(11)23/h5-9,19H,1-4H2,(H2,18,20). The van der Waals surface area contributed by atoms with Crippen LogP contribution in [0.1, 0.15) is 11.1 Å². The molecule has 0 bridgehead atoms. The number of nitrogens with one attached hydrogen (secondary N) is 1. The zero-order valence-corrected chi connectivity index (χ0v) is 12.6. The van der Waals surface area contributed by atoms with E-state index in [1.807, 2.05) is 6.07 Å². The summed E-state index contributed by atoms with van der Waals surface area (Å²) >= 11 is 0. The van der Waals surface area contributed by atoms with Gasteiger partial charge in [-0.2, -0.15) is 0 Å². The molecule has 3 N–H and O–H groups in total. The second kappa shape index (κ2) is 4.55. The summed E-state index contributed by atoms with van der Waals surface area (Å²) in [5.41, 5.74) is 12.0. The number of hydrogen-bond acceptors (Lipinski definition) is 6. The van der Waals surface area contributed by atoms with Gasteiger partial charge in [0.05, 0.1) is 11.7 Å². The molecule has 2 aliphatic heterocycles. The van der Waals surface area contributed by atoms with Gasteiger partial charge < -0.3 is 16.0 Å². The lowest BCUT2D eigenvalue weighted by Gasteiger charge is -2.20. The van der Waals surface area contributed by atoms with Gasteiger partial charge in [-0.15, -0.1) is 0 Å². The third-order valence-electron chi connectivity index (χ3n) is 4.69. The van der Waals surface area contributed by atoms with E-state index in [4.69, 9.17) is 5.73 Å². The molecule has 0 amide bonds. The first-order valence-electron chi connectivity index (χ1n) is 7.83. The highest BCUT2D eigenvalue weighted by Gasteiger charge is 2.26. The molecule has 2 aromatic heterocycles. The molecule has 114 valence electrons. The zero-order chi connectivity index (χ0) is 15.4. The van der Waals surface area contributed by atoms with Crippen LogP contribution in [0.4, 0.5) is 23.0 Å². The average molecular weight is 304 g/mol. The number of nitrogens with two attached hydrogens (primary N) is 1. The SMILES string of the molecule is Nc1cc2c(N3CCc4cc5c(cc43)CCN5)ncnc2cn1. The van der Waals surface area contributed by atoms with E-state index < -0.39 is 0 Å². The molecule has 0 saturated heterocycles. The van der Waals surface area contributed by atoms with Crippen molar-refractivity contribution in [2.24, 2.45) is 0 Å². The number of nitrogen functional groups attached to an aromatic ring is 1. The van der Waals surface area contributed by atoms with Gasteiger partial charge in [-0.1, -0.05) is 0 Å². The molecular formula is C17H16N6. The summed E-state index contributed by atoms with van der Waals surface area (Å²) in [5.74, 6) is 1.40. The van der Waals surface area contributed by atoms with Gasteiger partial charge in [0.15, 0.2) is 0 Å². The van der Waals surface area contributed by atoms with E-state index in [2.05, 4.69) is 37.3 Å². The highest BCUT2D eigenvalue weighted by molar-refractivity contribution is 5.93. The predicted molar refractivity (Wildman–Crippen MR) is 91.1 cm³/mol. The summed E-state index contributed by atoms with van der Waals surface area (Å²) in [4.78, 5) is 15.2. The Morgan fingerprint density at radius 3 is 2.96 bits per heavy atom. The molecule has 0 spiro atoms. The largest absolute Gasteiger partial charge is 0.384 e. The van der Waals surface area contributed by atoms with Gasteiger partial charge >= 0.3 is 0 Å². The maximum absolute atomic E-state index is 5.87. The van der Waals surface area contributed by atoms with Crippen LogP contribution in [0.15, 0.2) is 30.7 Å². The quantitative estimate of drug-likeness (QED) is 0.718. The molecule has 6 nitrogen and oxygen atoms in total. The maximum Gasteiger partial charge on any atom is 0.144 e. The molecule has 5 rings (SSSR count). The molecule has 0 atom stereocenters. The second-order valence-electron chi connectivity index (χ2n) is 6.04. The van der Waals surface area contributed by atoms with E-state index in [0.29, 0.717) is 5.82 Å². The van der Waals surface area contributed by atoms with Crippen molar-refractivity contribution in [2.45, 2.75) is 12.8 Å². The lowest BCUT2D eigenvalue weighted by atomic mass is 10.1. The van der Waals surface area contributed by atoms with Gasteiger partial charge in [0, 0.05) is 29.9 Å². The van der Waals surface area contributed by atoms with E-state index in [0.717, 1.165) is 42.7 Å². The van der Waals surface area contributed by atoms with Crippen LogP contribution in [0.5, 0.6) is 0 Å². The van der Waals surface area contributed by atoms with Crippen LogP contribution in [0.25, 0.3) is 10.9 Å². The Morgan fingerprint density at radius 2 is 2.00 bits per heavy atom. The van der Waals surface area contributed by atoms with Crippen LogP contribution in [0, 0.1) is 0 Å². The molecule has 0 fully saturated rings. The third-order valence-corrected chi connectivity index (χ3v) is 4.69. The van der Waals surface area contributed by atoms with E-state index >= 15 is 0 Å². The van der Waals surface area contributed by atoms with E-state index in [1.165, 1.54) is 22.5 Å². The van der Waals surface area contributed by atoms with Crippen molar-refractivity contribution >= 4 is 33.9 Å². The summed E-state index contributed by atoms with van der Waals surface area (Å²) < 4.78 is 0. The van der Waals surface area contributed by atoms with E-state index in [1.54, 1.807) is 12.5 Å². The minimum absolute atomic E-state index is 0.492. The smallest absolute Gasteiger partial charge is 0.144 e. The van der Waals surface area contributed by atoms with Gasteiger partial charge in [0.1, 0.15) is 18.0 Å². The molecule has 4 heterocycles. The summed E-state index contributed by atoms with van der Waals surface area (Å²) in [6.07, 6.45) is 5.41. The highest BCUT2D eigenvalue weighted by Crippen LogP contribution is 2.40. The number of fused-ring (bicyclic) bond motifs is 3. The van der Waals surface area contributed by atoms with Gasteiger partial charge in [-0.3, -0.25) is 0 Å². The molecule has 1 aromatic carbocycles. The first kappa shape index (κ1) is 12.6. The minimum atomic E-state index is 0.492. The Hall–Kier alpha value is -2.89. The molecule has 0 unspecified atom stereocenters. The Morgan fingerprint density at radius 1 is 1.04 bits per heavy atom. The summed E-state index contributed by atoms with van der Waals surface area (Å²) in [6, 6.07) is 6.45. The van der Waals surface area contributed by atoms with Gasteiger partial charge in [-0.05, 0) is 42.2 Å². The molecule has 2 aliphatic rings. The number of aromatic nitrogens is 3. The molecule has 6 heteroatoms. The Balaban J connectivity index is 1.69. The zero-order valence-electron chi connectivity index (χ0n) is 12.6. The third kappa shape index (κ3) is 1.84. The van der Waals surface area contributed by atoms with Crippen LogP contribution in [-0.4, -0.2) is 28.0 Å². The van der Waals surface area contributed by atoms with Crippen molar-refractivity contribution < 1.29 is 0 Å². The van der Waals surface area contributed by atoms with Crippen molar-refractivity contribution in [3.63, 3.8) is 0 Å².